The molecular weight excluding hydrogens is 380 g/mol. The molecule has 1 aromatic heterocycles. The summed E-state index contributed by atoms with van der Waals surface area (Å²) in [4.78, 5) is 44.1. The number of esters is 1. The van der Waals surface area contributed by atoms with E-state index in [2.05, 4.69) is 20.0 Å². The van der Waals surface area contributed by atoms with E-state index in [1.807, 2.05) is 49.3 Å². The van der Waals surface area contributed by atoms with Crippen LogP contribution in [0, 0.1) is 0 Å². The Balaban J connectivity index is 1.91. The topological polar surface area (TPSA) is 104 Å². The molecule has 0 saturated carbocycles. The van der Waals surface area contributed by atoms with Gasteiger partial charge in [-0.05, 0) is 19.7 Å². The summed E-state index contributed by atoms with van der Waals surface area (Å²) >= 11 is 1.10. The SMILES string of the molecule is COC(=O)Cc1cc(=O)[nH]c(SCC(=O)NC[C@@H](c2ccccc2)N(C)C)n1. The second-order valence-electron chi connectivity index (χ2n) is 6.28. The van der Waals surface area contributed by atoms with Crippen molar-refractivity contribution in [3.8, 4) is 0 Å². The van der Waals surface area contributed by atoms with E-state index in [4.69, 9.17) is 0 Å². The summed E-state index contributed by atoms with van der Waals surface area (Å²) < 4.78 is 4.58. The maximum absolute atomic E-state index is 12.2. The number of likely N-dealkylation sites (N-methyl/N-ethyl adjacent to an activating group) is 1. The molecule has 2 rings (SSSR count). The maximum atomic E-state index is 12.2. The van der Waals surface area contributed by atoms with Crippen LogP contribution in [0.15, 0.2) is 46.3 Å². The lowest BCUT2D eigenvalue weighted by atomic mass is 10.1. The van der Waals surface area contributed by atoms with Gasteiger partial charge in [-0.3, -0.25) is 14.4 Å². The number of rotatable bonds is 9. The van der Waals surface area contributed by atoms with Crippen molar-refractivity contribution in [3.05, 3.63) is 58.0 Å². The van der Waals surface area contributed by atoms with Crippen LogP contribution in [0.4, 0.5) is 0 Å². The third kappa shape index (κ3) is 6.82. The average Bonchev–Trinajstić information content (AvgIpc) is 2.66. The van der Waals surface area contributed by atoms with E-state index in [9.17, 15) is 14.4 Å². The van der Waals surface area contributed by atoms with Crippen molar-refractivity contribution in [1.82, 2.24) is 20.2 Å². The van der Waals surface area contributed by atoms with Crippen molar-refractivity contribution in [2.45, 2.75) is 17.6 Å². The second-order valence-corrected chi connectivity index (χ2v) is 7.24. The van der Waals surface area contributed by atoms with E-state index < -0.39 is 5.97 Å². The molecule has 0 aliphatic heterocycles. The lowest BCUT2D eigenvalue weighted by Gasteiger charge is -2.25. The molecule has 0 aliphatic carbocycles. The quantitative estimate of drug-likeness (QED) is 0.365. The lowest BCUT2D eigenvalue weighted by molar-refractivity contribution is -0.139. The number of nitrogens with zero attached hydrogens (tertiary/aromatic N) is 2. The number of carbonyl (C=O) groups excluding carboxylic acids is 2. The first-order valence-electron chi connectivity index (χ1n) is 8.67. The molecule has 28 heavy (non-hydrogen) atoms. The van der Waals surface area contributed by atoms with Crippen LogP contribution in [0.2, 0.25) is 0 Å². The zero-order chi connectivity index (χ0) is 20.5. The van der Waals surface area contributed by atoms with Crippen LogP contribution < -0.4 is 10.9 Å². The molecule has 0 fully saturated rings. The molecule has 0 aliphatic rings. The number of nitrogens with one attached hydrogen (secondary N) is 2. The Labute approximate surface area is 167 Å². The van der Waals surface area contributed by atoms with Crippen molar-refractivity contribution >= 4 is 23.6 Å². The zero-order valence-electron chi connectivity index (χ0n) is 16.1. The summed E-state index contributed by atoms with van der Waals surface area (Å²) in [5.41, 5.74) is 1.03. The van der Waals surface area contributed by atoms with E-state index in [1.165, 1.54) is 13.2 Å². The van der Waals surface area contributed by atoms with Crippen molar-refractivity contribution in [3.63, 3.8) is 0 Å². The highest BCUT2D eigenvalue weighted by atomic mass is 32.2. The summed E-state index contributed by atoms with van der Waals surface area (Å²) in [6.07, 6.45) is -0.0955. The smallest absolute Gasteiger partial charge is 0.311 e. The minimum absolute atomic E-state index is 0.0523. The van der Waals surface area contributed by atoms with Crippen LogP contribution in [0.1, 0.15) is 17.3 Å². The van der Waals surface area contributed by atoms with Crippen LogP contribution in [0.3, 0.4) is 0 Å². The molecule has 2 N–H and O–H groups in total. The standard InChI is InChI=1S/C19H24N4O4S/c1-23(2)15(13-7-5-4-6-8-13)11-20-17(25)12-28-19-21-14(9-16(24)22-19)10-18(26)27-3/h4-9,15H,10-12H2,1-3H3,(H,20,25)(H,21,22,24)/t15-/m0/s1. The van der Waals surface area contributed by atoms with Crippen LogP contribution in [-0.2, 0) is 20.7 Å². The Bertz CT molecular complexity index is 855. The summed E-state index contributed by atoms with van der Waals surface area (Å²) in [5, 5.41) is 3.19. The first-order chi connectivity index (χ1) is 13.4. The minimum Gasteiger partial charge on any atom is -0.469 e. The molecular formula is C19H24N4O4S. The number of H-pyrrole nitrogens is 1. The molecule has 0 unspecified atom stereocenters. The fourth-order valence-electron chi connectivity index (χ4n) is 2.53. The van der Waals surface area contributed by atoms with Gasteiger partial charge in [-0.25, -0.2) is 4.98 Å². The van der Waals surface area contributed by atoms with Gasteiger partial charge in [0.2, 0.25) is 5.91 Å². The highest BCUT2D eigenvalue weighted by Gasteiger charge is 2.15. The Morgan fingerprint density at radius 2 is 2.00 bits per heavy atom. The first kappa shape index (κ1) is 21.6. The third-order valence-corrected chi connectivity index (χ3v) is 4.84. The Hall–Kier alpha value is -2.65. The minimum atomic E-state index is -0.484. The molecule has 1 atom stereocenters. The van der Waals surface area contributed by atoms with E-state index in [0.717, 1.165) is 17.3 Å². The van der Waals surface area contributed by atoms with Crippen LogP contribution in [0.5, 0.6) is 0 Å². The predicted octanol–water partition coefficient (Wildman–Crippen LogP) is 0.997. The lowest BCUT2D eigenvalue weighted by Crippen LogP contribution is -2.35. The number of amides is 1. The summed E-state index contributed by atoms with van der Waals surface area (Å²) in [7, 11) is 5.19. The molecule has 0 spiro atoms. The van der Waals surface area contributed by atoms with Crippen molar-refractivity contribution < 1.29 is 14.3 Å². The van der Waals surface area contributed by atoms with Crippen LogP contribution >= 0.6 is 11.8 Å². The van der Waals surface area contributed by atoms with Crippen molar-refractivity contribution in [1.29, 1.82) is 0 Å². The molecule has 0 radical (unpaired) electrons. The normalized spacial score (nSPS) is 11.9. The number of carbonyl (C=O) groups is 2. The van der Waals surface area contributed by atoms with Gasteiger partial charge in [-0.1, -0.05) is 42.1 Å². The fourth-order valence-corrected chi connectivity index (χ4v) is 3.26. The molecule has 1 heterocycles. The molecule has 9 heteroatoms. The van der Waals surface area contributed by atoms with Gasteiger partial charge in [-0.2, -0.15) is 0 Å². The zero-order valence-corrected chi connectivity index (χ0v) is 16.9. The summed E-state index contributed by atoms with van der Waals surface area (Å²) in [5.74, 6) is -0.559. The van der Waals surface area contributed by atoms with Gasteiger partial charge in [-0.15, -0.1) is 0 Å². The van der Waals surface area contributed by atoms with E-state index in [1.54, 1.807) is 0 Å². The Morgan fingerprint density at radius 3 is 2.64 bits per heavy atom. The van der Waals surface area contributed by atoms with Gasteiger partial charge in [0.05, 0.1) is 31.0 Å². The molecule has 0 saturated heterocycles. The summed E-state index contributed by atoms with van der Waals surface area (Å²) in [6, 6.07) is 11.2. The van der Waals surface area contributed by atoms with Gasteiger partial charge < -0.3 is 19.9 Å². The largest absolute Gasteiger partial charge is 0.469 e. The molecule has 8 nitrogen and oxygen atoms in total. The van der Waals surface area contributed by atoms with Gasteiger partial charge in [0.15, 0.2) is 5.16 Å². The molecule has 150 valence electrons. The number of ether oxygens (including phenoxy) is 1. The number of aromatic nitrogens is 2. The maximum Gasteiger partial charge on any atom is 0.311 e. The van der Waals surface area contributed by atoms with Gasteiger partial charge in [0.1, 0.15) is 0 Å². The molecule has 0 bridgehead atoms. The Morgan fingerprint density at radius 1 is 1.29 bits per heavy atom. The van der Waals surface area contributed by atoms with Crippen molar-refractivity contribution in [2.24, 2.45) is 0 Å². The highest BCUT2D eigenvalue weighted by molar-refractivity contribution is 7.99. The van der Waals surface area contributed by atoms with Gasteiger partial charge >= 0.3 is 5.97 Å². The fraction of sp³-hybridized carbons (Fsp3) is 0.368. The van der Waals surface area contributed by atoms with Gasteiger partial charge in [0, 0.05) is 12.6 Å². The molecule has 1 amide bonds. The summed E-state index contributed by atoms with van der Waals surface area (Å²) in [6.45, 7) is 0.461. The first-order valence-corrected chi connectivity index (χ1v) is 9.65. The number of hydrogen-bond donors (Lipinski definition) is 2. The van der Waals surface area contributed by atoms with Gasteiger partial charge in [0.25, 0.3) is 5.56 Å². The number of thioether (sulfide) groups is 1. The Kier molecular flexibility index (Phi) is 8.21. The number of benzene rings is 1. The van der Waals surface area contributed by atoms with Crippen LogP contribution in [-0.4, -0.2) is 60.2 Å². The highest BCUT2D eigenvalue weighted by Crippen LogP contribution is 2.17. The average molecular weight is 404 g/mol. The second kappa shape index (κ2) is 10.6. The number of hydrogen-bond acceptors (Lipinski definition) is 7. The van der Waals surface area contributed by atoms with Crippen molar-refractivity contribution in [2.75, 3.05) is 33.5 Å². The predicted molar refractivity (Wildman–Crippen MR) is 107 cm³/mol. The van der Waals surface area contributed by atoms with E-state index in [-0.39, 0.29) is 34.8 Å². The molecule has 2 aromatic rings. The monoisotopic (exact) mass is 404 g/mol. The van der Waals surface area contributed by atoms with Crippen LogP contribution in [0.25, 0.3) is 0 Å². The number of aromatic amines is 1. The van der Waals surface area contributed by atoms with E-state index >= 15 is 0 Å². The molecule has 1 aromatic carbocycles. The third-order valence-electron chi connectivity index (χ3n) is 3.97. The number of methoxy groups -OCH3 is 1. The van der Waals surface area contributed by atoms with E-state index in [0.29, 0.717) is 12.2 Å².